The molecule has 0 amide bonds. The Balaban J connectivity index is 1.83. The van der Waals surface area contributed by atoms with E-state index in [1.165, 1.54) is 0 Å². The molecule has 1 fully saturated rings. The number of nitrogens with zero attached hydrogens (tertiary/aromatic N) is 2. The van der Waals surface area contributed by atoms with Crippen molar-refractivity contribution >= 4 is 6.01 Å². The summed E-state index contributed by atoms with van der Waals surface area (Å²) in [7, 11) is 0. The molecule has 3 rings (SSSR count). The number of hydrogen-bond acceptors (Lipinski definition) is 5. The molecule has 0 aromatic carbocycles. The Morgan fingerprint density at radius 1 is 1.47 bits per heavy atom. The SMILES string of the molecule is NC1CCN(c2nc3c(o2)COCC3)C1. The van der Waals surface area contributed by atoms with Crippen LogP contribution in [-0.2, 0) is 17.8 Å². The molecular weight excluding hydrogens is 194 g/mol. The van der Waals surface area contributed by atoms with Gasteiger partial charge in [-0.05, 0) is 6.42 Å². The smallest absolute Gasteiger partial charge is 0.297 e. The highest BCUT2D eigenvalue weighted by Gasteiger charge is 2.25. The van der Waals surface area contributed by atoms with E-state index in [0.717, 1.165) is 50.0 Å². The fraction of sp³-hybridized carbons (Fsp3) is 0.700. The van der Waals surface area contributed by atoms with Crippen LogP contribution >= 0.6 is 0 Å². The third-order valence-electron chi connectivity index (χ3n) is 2.98. The first-order valence-electron chi connectivity index (χ1n) is 5.40. The maximum atomic E-state index is 5.85. The summed E-state index contributed by atoms with van der Waals surface area (Å²) in [5.41, 5.74) is 6.90. The van der Waals surface area contributed by atoms with Crippen LogP contribution < -0.4 is 10.6 Å². The third-order valence-corrected chi connectivity index (χ3v) is 2.98. The zero-order chi connectivity index (χ0) is 10.3. The van der Waals surface area contributed by atoms with Gasteiger partial charge in [0.05, 0.1) is 12.3 Å². The van der Waals surface area contributed by atoms with Crippen LogP contribution in [0.1, 0.15) is 17.9 Å². The minimum atomic E-state index is 0.255. The van der Waals surface area contributed by atoms with Crippen molar-refractivity contribution in [3.8, 4) is 0 Å². The van der Waals surface area contributed by atoms with Gasteiger partial charge in [-0.15, -0.1) is 0 Å². The van der Waals surface area contributed by atoms with E-state index in [1.54, 1.807) is 0 Å². The van der Waals surface area contributed by atoms with Crippen LogP contribution in [0.2, 0.25) is 0 Å². The van der Waals surface area contributed by atoms with E-state index in [4.69, 9.17) is 14.9 Å². The highest BCUT2D eigenvalue weighted by atomic mass is 16.5. The summed E-state index contributed by atoms with van der Waals surface area (Å²) in [5, 5.41) is 0. The molecule has 1 aromatic heterocycles. The van der Waals surface area contributed by atoms with E-state index in [0.29, 0.717) is 6.61 Å². The molecule has 82 valence electrons. The molecule has 2 aliphatic rings. The van der Waals surface area contributed by atoms with E-state index < -0.39 is 0 Å². The van der Waals surface area contributed by atoms with Gasteiger partial charge < -0.3 is 19.8 Å². The minimum absolute atomic E-state index is 0.255. The molecule has 0 bridgehead atoms. The molecule has 3 heterocycles. The first-order chi connectivity index (χ1) is 7.33. The van der Waals surface area contributed by atoms with Gasteiger partial charge in [0.1, 0.15) is 6.61 Å². The highest BCUT2D eigenvalue weighted by molar-refractivity contribution is 5.32. The summed E-state index contributed by atoms with van der Waals surface area (Å²) in [6.45, 7) is 3.10. The second-order valence-corrected chi connectivity index (χ2v) is 4.16. The van der Waals surface area contributed by atoms with Gasteiger partial charge in [0.15, 0.2) is 5.76 Å². The van der Waals surface area contributed by atoms with Crippen molar-refractivity contribution in [1.82, 2.24) is 4.98 Å². The van der Waals surface area contributed by atoms with E-state index >= 15 is 0 Å². The molecule has 5 nitrogen and oxygen atoms in total. The molecule has 0 aliphatic carbocycles. The molecule has 0 spiro atoms. The van der Waals surface area contributed by atoms with Gasteiger partial charge in [-0.25, -0.2) is 0 Å². The topological polar surface area (TPSA) is 64.5 Å². The Labute approximate surface area is 88.2 Å². The summed E-state index contributed by atoms with van der Waals surface area (Å²) in [5.74, 6) is 0.886. The second kappa shape index (κ2) is 3.50. The van der Waals surface area contributed by atoms with Gasteiger partial charge in [0, 0.05) is 25.6 Å². The van der Waals surface area contributed by atoms with Crippen LogP contribution in [0, 0.1) is 0 Å². The molecule has 5 heteroatoms. The Kier molecular flexibility index (Phi) is 2.14. The zero-order valence-electron chi connectivity index (χ0n) is 8.61. The fourth-order valence-electron chi connectivity index (χ4n) is 2.11. The number of ether oxygens (including phenoxy) is 1. The van der Waals surface area contributed by atoms with Crippen LogP contribution in [0.25, 0.3) is 0 Å². The van der Waals surface area contributed by atoms with Crippen molar-refractivity contribution in [3.63, 3.8) is 0 Å². The van der Waals surface area contributed by atoms with Gasteiger partial charge in [-0.3, -0.25) is 0 Å². The monoisotopic (exact) mass is 209 g/mol. The van der Waals surface area contributed by atoms with Crippen molar-refractivity contribution in [2.75, 3.05) is 24.6 Å². The molecule has 2 N–H and O–H groups in total. The standard InChI is InChI=1S/C10H15N3O2/c11-7-1-3-13(5-7)10-12-8-2-4-14-6-9(8)15-10/h7H,1-6,11H2. The van der Waals surface area contributed by atoms with Crippen LogP contribution in [-0.4, -0.2) is 30.7 Å². The van der Waals surface area contributed by atoms with E-state index in [-0.39, 0.29) is 6.04 Å². The van der Waals surface area contributed by atoms with Crippen LogP contribution in [0.5, 0.6) is 0 Å². The number of anilines is 1. The fourth-order valence-corrected chi connectivity index (χ4v) is 2.11. The molecule has 0 saturated carbocycles. The Hall–Kier alpha value is -1.07. The summed E-state index contributed by atoms with van der Waals surface area (Å²) < 4.78 is 11.0. The van der Waals surface area contributed by atoms with E-state index in [9.17, 15) is 0 Å². The second-order valence-electron chi connectivity index (χ2n) is 4.16. The lowest BCUT2D eigenvalue weighted by atomic mass is 10.2. The lowest BCUT2D eigenvalue weighted by molar-refractivity contribution is 0.0938. The average Bonchev–Trinajstić information content (AvgIpc) is 2.82. The predicted octanol–water partition coefficient (Wildman–Crippen LogP) is 0.285. The Bertz CT molecular complexity index is 340. The summed E-state index contributed by atoms with van der Waals surface area (Å²) >= 11 is 0. The molecule has 0 radical (unpaired) electrons. The minimum Gasteiger partial charge on any atom is -0.426 e. The van der Waals surface area contributed by atoms with Gasteiger partial charge in [0.25, 0.3) is 6.01 Å². The largest absolute Gasteiger partial charge is 0.426 e. The van der Waals surface area contributed by atoms with Crippen LogP contribution in [0.15, 0.2) is 4.42 Å². The average molecular weight is 209 g/mol. The molecule has 1 aromatic rings. The Morgan fingerprint density at radius 2 is 2.40 bits per heavy atom. The number of oxazole rings is 1. The van der Waals surface area contributed by atoms with Gasteiger partial charge in [0.2, 0.25) is 0 Å². The van der Waals surface area contributed by atoms with Crippen LogP contribution in [0.3, 0.4) is 0 Å². The molecule has 2 aliphatic heterocycles. The predicted molar refractivity (Wildman–Crippen MR) is 54.7 cm³/mol. The molecule has 1 saturated heterocycles. The molecule has 1 unspecified atom stereocenters. The summed E-state index contributed by atoms with van der Waals surface area (Å²) in [4.78, 5) is 6.60. The van der Waals surface area contributed by atoms with Crippen molar-refractivity contribution < 1.29 is 9.15 Å². The van der Waals surface area contributed by atoms with Gasteiger partial charge >= 0.3 is 0 Å². The van der Waals surface area contributed by atoms with Gasteiger partial charge in [-0.1, -0.05) is 0 Å². The van der Waals surface area contributed by atoms with E-state index in [1.807, 2.05) is 0 Å². The number of fused-ring (bicyclic) bond motifs is 1. The third kappa shape index (κ3) is 1.61. The van der Waals surface area contributed by atoms with Crippen molar-refractivity contribution in [1.29, 1.82) is 0 Å². The molecule has 15 heavy (non-hydrogen) atoms. The lowest BCUT2D eigenvalue weighted by Gasteiger charge is -2.11. The first kappa shape index (κ1) is 9.18. The number of rotatable bonds is 1. The number of nitrogens with two attached hydrogens (primary N) is 1. The summed E-state index contributed by atoms with van der Waals surface area (Å²) in [6, 6.07) is 0.976. The normalized spacial score (nSPS) is 25.7. The van der Waals surface area contributed by atoms with Crippen molar-refractivity contribution in [2.24, 2.45) is 5.73 Å². The lowest BCUT2D eigenvalue weighted by Crippen LogP contribution is -2.26. The van der Waals surface area contributed by atoms with E-state index in [2.05, 4.69) is 9.88 Å². The maximum Gasteiger partial charge on any atom is 0.297 e. The first-order valence-corrected chi connectivity index (χ1v) is 5.40. The van der Waals surface area contributed by atoms with Gasteiger partial charge in [-0.2, -0.15) is 4.98 Å². The molecular formula is C10H15N3O2. The van der Waals surface area contributed by atoms with Crippen molar-refractivity contribution in [2.45, 2.75) is 25.5 Å². The number of aromatic nitrogens is 1. The van der Waals surface area contributed by atoms with Crippen molar-refractivity contribution in [3.05, 3.63) is 11.5 Å². The quantitative estimate of drug-likeness (QED) is 0.720. The summed E-state index contributed by atoms with van der Waals surface area (Å²) in [6.07, 6.45) is 1.88. The highest BCUT2D eigenvalue weighted by Crippen LogP contribution is 2.25. The number of hydrogen-bond donors (Lipinski definition) is 1. The zero-order valence-corrected chi connectivity index (χ0v) is 8.61. The maximum absolute atomic E-state index is 5.85. The van der Waals surface area contributed by atoms with Crippen LogP contribution in [0.4, 0.5) is 6.01 Å². The Morgan fingerprint density at radius 3 is 3.13 bits per heavy atom. The molecule has 1 atom stereocenters.